The van der Waals surface area contributed by atoms with Gasteiger partial charge in [-0.3, -0.25) is 4.99 Å². The molecular formula is C16H24N2S. The first kappa shape index (κ1) is 14.4. The summed E-state index contributed by atoms with van der Waals surface area (Å²) in [5.41, 5.74) is 8.91. The maximum atomic E-state index is 5.98. The van der Waals surface area contributed by atoms with Crippen LogP contribution in [0.3, 0.4) is 0 Å². The number of benzene rings is 1. The Morgan fingerprint density at radius 2 is 1.89 bits per heavy atom. The normalized spacial score (nSPS) is 27.3. The van der Waals surface area contributed by atoms with Crippen LogP contribution in [0.25, 0.3) is 0 Å². The lowest BCUT2D eigenvalue weighted by Crippen LogP contribution is -2.41. The van der Waals surface area contributed by atoms with E-state index in [9.17, 15) is 0 Å². The molecule has 0 aromatic heterocycles. The molecule has 1 aromatic carbocycles. The monoisotopic (exact) mass is 276 g/mol. The van der Waals surface area contributed by atoms with E-state index in [-0.39, 0.29) is 11.0 Å². The molecule has 0 fully saturated rings. The molecule has 1 aromatic rings. The predicted octanol–water partition coefficient (Wildman–Crippen LogP) is 3.94. The number of aliphatic imine (C=N–C) groups is 1. The summed E-state index contributed by atoms with van der Waals surface area (Å²) in [7, 11) is 0. The van der Waals surface area contributed by atoms with Gasteiger partial charge in [-0.2, -0.15) is 0 Å². The number of amidine groups is 1. The molecule has 3 rings (SSSR count). The maximum absolute atomic E-state index is 5.98. The minimum Gasteiger partial charge on any atom is -0.379 e. The average Bonchev–Trinajstić information content (AvgIpc) is 2.60. The van der Waals surface area contributed by atoms with Crippen LogP contribution in [0.4, 0.5) is 0 Å². The summed E-state index contributed by atoms with van der Waals surface area (Å²) < 4.78 is 0. The zero-order chi connectivity index (χ0) is 14.1. The molecule has 104 valence electrons. The lowest BCUT2D eigenvalue weighted by molar-refractivity contribution is 0.186. The Balaban J connectivity index is 0.000000637. The first-order valence-corrected chi connectivity index (χ1v) is 8.10. The second kappa shape index (κ2) is 5.20. The van der Waals surface area contributed by atoms with Crippen LogP contribution in [0.5, 0.6) is 0 Å². The average molecular weight is 276 g/mol. The summed E-state index contributed by atoms with van der Waals surface area (Å²) in [4.78, 5) is 4.86. The third kappa shape index (κ3) is 2.18. The highest BCUT2D eigenvalue weighted by Crippen LogP contribution is 2.56. The lowest BCUT2D eigenvalue weighted by Gasteiger charge is -2.41. The minimum atomic E-state index is -0.0844. The van der Waals surface area contributed by atoms with Crippen molar-refractivity contribution in [1.82, 2.24) is 0 Å². The first-order valence-electron chi connectivity index (χ1n) is 7.12. The zero-order valence-corrected chi connectivity index (χ0v) is 13.2. The van der Waals surface area contributed by atoms with Crippen molar-refractivity contribution in [2.75, 3.05) is 5.75 Å². The van der Waals surface area contributed by atoms with Gasteiger partial charge in [0.1, 0.15) is 0 Å². The molecule has 1 atom stereocenters. The van der Waals surface area contributed by atoms with Gasteiger partial charge in [0.15, 0.2) is 5.17 Å². The highest BCUT2D eigenvalue weighted by atomic mass is 32.2. The molecule has 0 amide bonds. The van der Waals surface area contributed by atoms with Gasteiger partial charge < -0.3 is 5.73 Å². The summed E-state index contributed by atoms with van der Waals surface area (Å²) in [6.45, 7) is 8.64. The molecule has 0 saturated carbocycles. The van der Waals surface area contributed by atoms with E-state index in [4.69, 9.17) is 10.7 Å². The zero-order valence-electron chi connectivity index (χ0n) is 12.4. The van der Waals surface area contributed by atoms with Crippen molar-refractivity contribution < 1.29 is 0 Å². The number of rotatable bonds is 0. The number of nitrogens with zero attached hydrogens (tertiary/aromatic N) is 1. The Morgan fingerprint density at radius 1 is 1.21 bits per heavy atom. The fourth-order valence-electron chi connectivity index (χ4n) is 3.33. The van der Waals surface area contributed by atoms with Crippen LogP contribution in [0.2, 0.25) is 0 Å². The van der Waals surface area contributed by atoms with Gasteiger partial charge >= 0.3 is 0 Å². The molecule has 1 aliphatic carbocycles. The van der Waals surface area contributed by atoms with Gasteiger partial charge in [-0.1, -0.05) is 63.7 Å². The van der Waals surface area contributed by atoms with Crippen molar-refractivity contribution in [3.63, 3.8) is 0 Å². The molecule has 19 heavy (non-hydrogen) atoms. The van der Waals surface area contributed by atoms with Crippen LogP contribution < -0.4 is 5.73 Å². The fraction of sp³-hybridized carbons (Fsp3) is 0.562. The molecule has 0 saturated heterocycles. The minimum absolute atomic E-state index is 0.0844. The largest absolute Gasteiger partial charge is 0.379 e. The van der Waals surface area contributed by atoms with Crippen molar-refractivity contribution in [2.24, 2.45) is 16.1 Å². The summed E-state index contributed by atoms with van der Waals surface area (Å²) in [5, 5.41) is 0.751. The Hall–Kier alpha value is -0.960. The summed E-state index contributed by atoms with van der Waals surface area (Å²) >= 11 is 1.68. The highest BCUT2D eigenvalue weighted by Gasteiger charge is 2.53. The molecule has 1 unspecified atom stereocenters. The van der Waals surface area contributed by atoms with Crippen molar-refractivity contribution in [2.45, 2.75) is 46.1 Å². The van der Waals surface area contributed by atoms with Gasteiger partial charge in [0.05, 0.1) is 5.54 Å². The van der Waals surface area contributed by atoms with Gasteiger partial charge in [-0.15, -0.1) is 0 Å². The molecule has 1 spiro atoms. The second-order valence-corrected chi connectivity index (χ2v) is 6.74. The number of fused-ring (bicyclic) bond motifs is 2. The maximum Gasteiger partial charge on any atom is 0.154 e. The third-order valence-electron chi connectivity index (χ3n) is 4.23. The Bertz CT molecular complexity index is 493. The Labute approximate surface area is 120 Å². The van der Waals surface area contributed by atoms with Crippen LogP contribution in [0.15, 0.2) is 29.3 Å². The number of thioether (sulfide) groups is 1. The molecule has 2 nitrogen and oxygen atoms in total. The first-order chi connectivity index (χ1) is 9.05. The van der Waals surface area contributed by atoms with Gasteiger partial charge in [0.2, 0.25) is 0 Å². The number of nitrogens with two attached hydrogens (primary N) is 1. The Morgan fingerprint density at radius 3 is 2.58 bits per heavy atom. The van der Waals surface area contributed by atoms with Crippen LogP contribution in [-0.4, -0.2) is 10.9 Å². The highest BCUT2D eigenvalue weighted by molar-refractivity contribution is 8.13. The van der Waals surface area contributed by atoms with Gasteiger partial charge in [0, 0.05) is 5.75 Å². The quantitative estimate of drug-likeness (QED) is 0.779. The molecular weight excluding hydrogens is 252 g/mol. The van der Waals surface area contributed by atoms with E-state index in [0.717, 1.165) is 23.8 Å². The Kier molecular flexibility index (Phi) is 3.95. The molecule has 3 heteroatoms. The molecule has 0 radical (unpaired) electrons. The standard InChI is InChI=1S/C14H18N2S.C2H6/c1-13(2)9-10-5-3-4-6-11(10)14(13)7-8-17-12(15)16-14;1-2/h3-6H,7-9H2,1-2H3,(H2,15,16);1-2H3. The van der Waals surface area contributed by atoms with E-state index < -0.39 is 0 Å². The van der Waals surface area contributed by atoms with E-state index in [1.807, 2.05) is 13.8 Å². The molecule has 2 N–H and O–H groups in total. The summed E-state index contributed by atoms with van der Waals surface area (Å²) in [6.07, 6.45) is 2.20. The van der Waals surface area contributed by atoms with Gasteiger partial charge in [-0.05, 0) is 29.4 Å². The second-order valence-electron chi connectivity index (χ2n) is 5.63. The van der Waals surface area contributed by atoms with Crippen LogP contribution in [-0.2, 0) is 12.0 Å². The van der Waals surface area contributed by atoms with E-state index >= 15 is 0 Å². The SMILES string of the molecule is CC.CC1(C)Cc2ccccc2C12CCSC(N)=N2. The van der Waals surface area contributed by atoms with Crippen molar-refractivity contribution in [3.8, 4) is 0 Å². The van der Waals surface area contributed by atoms with E-state index in [2.05, 4.69) is 38.1 Å². The topological polar surface area (TPSA) is 38.4 Å². The molecule has 2 aliphatic rings. The van der Waals surface area contributed by atoms with Crippen LogP contribution in [0.1, 0.15) is 45.2 Å². The van der Waals surface area contributed by atoms with E-state index in [0.29, 0.717) is 0 Å². The van der Waals surface area contributed by atoms with Gasteiger partial charge in [0.25, 0.3) is 0 Å². The van der Waals surface area contributed by atoms with Gasteiger partial charge in [-0.25, -0.2) is 0 Å². The summed E-state index contributed by atoms with van der Waals surface area (Å²) in [6, 6.07) is 8.71. The van der Waals surface area contributed by atoms with Crippen LogP contribution in [0, 0.1) is 5.41 Å². The van der Waals surface area contributed by atoms with Crippen molar-refractivity contribution in [3.05, 3.63) is 35.4 Å². The van der Waals surface area contributed by atoms with E-state index in [1.54, 1.807) is 11.8 Å². The van der Waals surface area contributed by atoms with Crippen molar-refractivity contribution in [1.29, 1.82) is 0 Å². The molecule has 0 bridgehead atoms. The molecule has 1 heterocycles. The van der Waals surface area contributed by atoms with E-state index in [1.165, 1.54) is 11.1 Å². The predicted molar refractivity (Wildman–Crippen MR) is 85.7 cm³/mol. The fourth-order valence-corrected chi connectivity index (χ4v) is 4.16. The number of hydrogen-bond acceptors (Lipinski definition) is 3. The number of hydrogen-bond donors (Lipinski definition) is 1. The lowest BCUT2D eigenvalue weighted by atomic mass is 9.71. The van der Waals surface area contributed by atoms with Crippen molar-refractivity contribution >= 4 is 16.9 Å². The third-order valence-corrected chi connectivity index (χ3v) is 5.03. The smallest absolute Gasteiger partial charge is 0.154 e. The molecule has 1 aliphatic heterocycles. The van der Waals surface area contributed by atoms with Crippen LogP contribution >= 0.6 is 11.8 Å². The summed E-state index contributed by atoms with van der Waals surface area (Å²) in [5.74, 6) is 1.08.